The predicted molar refractivity (Wildman–Crippen MR) is 134 cm³/mol. The van der Waals surface area contributed by atoms with E-state index < -0.39 is 23.5 Å². The molecule has 5 rings (SSSR count). The standard InChI is InChI=1S/C29H27FN2O3/c30-24-11-5-4-10-23(24)27-26(25(33)17-12-20-8-2-1-3-9-20)28(34)29(35)32(27)22-15-13-21(14-16-22)31-18-6-7-19-31/h1-5,8-11,13-16,27,34H,6-7,12,17-19H2. The van der Waals surface area contributed by atoms with Crippen molar-refractivity contribution in [1.29, 1.82) is 0 Å². The summed E-state index contributed by atoms with van der Waals surface area (Å²) in [7, 11) is 0. The fraction of sp³-hybridized carbons (Fsp3) is 0.241. The lowest BCUT2D eigenvalue weighted by Gasteiger charge is -2.28. The van der Waals surface area contributed by atoms with Crippen LogP contribution in [0.5, 0.6) is 0 Å². The average Bonchev–Trinajstić information content (AvgIpc) is 3.51. The summed E-state index contributed by atoms with van der Waals surface area (Å²) >= 11 is 0. The minimum absolute atomic E-state index is 0.0559. The Labute approximate surface area is 204 Å². The van der Waals surface area contributed by atoms with Crippen molar-refractivity contribution in [3.63, 3.8) is 0 Å². The van der Waals surface area contributed by atoms with Gasteiger partial charge in [0, 0.05) is 36.4 Å². The van der Waals surface area contributed by atoms with Gasteiger partial charge < -0.3 is 10.0 Å². The van der Waals surface area contributed by atoms with Crippen LogP contribution < -0.4 is 9.80 Å². The van der Waals surface area contributed by atoms with Crippen molar-refractivity contribution in [3.05, 3.63) is 107 Å². The number of amides is 1. The van der Waals surface area contributed by atoms with Crippen LogP contribution in [0.25, 0.3) is 0 Å². The van der Waals surface area contributed by atoms with E-state index in [1.54, 1.807) is 30.3 Å². The maximum absolute atomic E-state index is 15.0. The van der Waals surface area contributed by atoms with Crippen LogP contribution in [0.15, 0.2) is 90.2 Å². The molecule has 6 heteroatoms. The number of aliphatic hydroxyl groups is 1. The summed E-state index contributed by atoms with van der Waals surface area (Å²) in [6.45, 7) is 1.98. The number of rotatable bonds is 7. The Morgan fingerprint density at radius 2 is 1.51 bits per heavy atom. The third kappa shape index (κ3) is 4.44. The largest absolute Gasteiger partial charge is 0.503 e. The van der Waals surface area contributed by atoms with E-state index in [1.807, 2.05) is 42.5 Å². The van der Waals surface area contributed by atoms with Gasteiger partial charge in [0.15, 0.2) is 11.5 Å². The molecule has 1 atom stereocenters. The number of Topliss-reactive ketones (excluding diaryl/α,β-unsaturated/α-hetero) is 1. The molecule has 0 saturated carbocycles. The van der Waals surface area contributed by atoms with E-state index >= 15 is 0 Å². The third-order valence-corrected chi connectivity index (χ3v) is 6.79. The molecule has 35 heavy (non-hydrogen) atoms. The highest BCUT2D eigenvalue weighted by Crippen LogP contribution is 2.42. The van der Waals surface area contributed by atoms with E-state index in [4.69, 9.17) is 0 Å². The normalized spacial score (nSPS) is 18.0. The van der Waals surface area contributed by atoms with Gasteiger partial charge in [-0.05, 0) is 55.2 Å². The number of anilines is 2. The molecule has 0 spiro atoms. The minimum Gasteiger partial charge on any atom is -0.503 e. The maximum Gasteiger partial charge on any atom is 0.294 e. The number of hydrogen-bond donors (Lipinski definition) is 1. The van der Waals surface area contributed by atoms with Crippen molar-refractivity contribution in [1.82, 2.24) is 0 Å². The number of carbonyl (C=O) groups excluding carboxylic acids is 2. The van der Waals surface area contributed by atoms with Crippen molar-refractivity contribution in [2.75, 3.05) is 22.9 Å². The van der Waals surface area contributed by atoms with Crippen molar-refractivity contribution in [3.8, 4) is 0 Å². The highest BCUT2D eigenvalue weighted by Gasteiger charge is 2.45. The van der Waals surface area contributed by atoms with Crippen LogP contribution in [0.2, 0.25) is 0 Å². The van der Waals surface area contributed by atoms with Gasteiger partial charge >= 0.3 is 0 Å². The van der Waals surface area contributed by atoms with Crippen molar-refractivity contribution in [2.45, 2.75) is 31.7 Å². The maximum atomic E-state index is 15.0. The first-order valence-electron chi connectivity index (χ1n) is 12.0. The fourth-order valence-corrected chi connectivity index (χ4v) is 4.98. The Bertz CT molecular complexity index is 1260. The molecule has 5 nitrogen and oxygen atoms in total. The molecule has 3 aromatic rings. The van der Waals surface area contributed by atoms with E-state index in [2.05, 4.69) is 4.90 Å². The summed E-state index contributed by atoms with van der Waals surface area (Å²) in [4.78, 5) is 30.2. The van der Waals surface area contributed by atoms with E-state index in [-0.39, 0.29) is 23.3 Å². The van der Waals surface area contributed by atoms with Crippen LogP contribution in [-0.2, 0) is 16.0 Å². The zero-order valence-corrected chi connectivity index (χ0v) is 19.4. The Morgan fingerprint density at radius 1 is 0.886 bits per heavy atom. The predicted octanol–water partition coefficient (Wildman–Crippen LogP) is 5.53. The average molecular weight is 471 g/mol. The molecule has 0 aromatic heterocycles. The van der Waals surface area contributed by atoms with Crippen LogP contribution in [-0.4, -0.2) is 29.9 Å². The van der Waals surface area contributed by atoms with Gasteiger partial charge in [0.05, 0.1) is 11.6 Å². The molecule has 2 aliphatic rings. The fourth-order valence-electron chi connectivity index (χ4n) is 4.98. The zero-order chi connectivity index (χ0) is 24.4. The lowest BCUT2D eigenvalue weighted by Crippen LogP contribution is -2.31. The number of carbonyl (C=O) groups is 2. The number of nitrogens with zero attached hydrogens (tertiary/aromatic N) is 2. The number of aryl methyl sites for hydroxylation is 1. The van der Waals surface area contributed by atoms with Crippen LogP contribution >= 0.6 is 0 Å². The molecule has 178 valence electrons. The first-order chi connectivity index (χ1) is 17.0. The van der Waals surface area contributed by atoms with Crippen LogP contribution in [0, 0.1) is 5.82 Å². The van der Waals surface area contributed by atoms with Gasteiger partial charge in [-0.1, -0.05) is 48.5 Å². The van der Waals surface area contributed by atoms with Gasteiger partial charge in [-0.3, -0.25) is 14.5 Å². The van der Waals surface area contributed by atoms with Gasteiger partial charge in [0.25, 0.3) is 5.91 Å². The van der Waals surface area contributed by atoms with E-state index in [1.165, 1.54) is 11.0 Å². The Hall–Kier alpha value is -3.93. The molecule has 2 aliphatic heterocycles. The van der Waals surface area contributed by atoms with Crippen LogP contribution in [0.1, 0.15) is 36.4 Å². The second kappa shape index (κ2) is 9.74. The van der Waals surface area contributed by atoms with Gasteiger partial charge in [-0.25, -0.2) is 4.39 Å². The lowest BCUT2D eigenvalue weighted by molar-refractivity contribution is -0.118. The van der Waals surface area contributed by atoms with Gasteiger partial charge in [0.2, 0.25) is 0 Å². The summed E-state index contributed by atoms with van der Waals surface area (Å²) in [6, 6.07) is 22.0. The first-order valence-corrected chi connectivity index (χ1v) is 12.0. The summed E-state index contributed by atoms with van der Waals surface area (Å²) in [6.07, 6.45) is 2.85. The van der Waals surface area contributed by atoms with Crippen molar-refractivity contribution < 1.29 is 19.1 Å². The first kappa shape index (κ1) is 22.8. The van der Waals surface area contributed by atoms with Crippen molar-refractivity contribution >= 4 is 23.1 Å². The van der Waals surface area contributed by atoms with Gasteiger partial charge in [-0.15, -0.1) is 0 Å². The monoisotopic (exact) mass is 470 g/mol. The van der Waals surface area contributed by atoms with Gasteiger partial charge in [0.1, 0.15) is 5.82 Å². The molecular weight excluding hydrogens is 443 g/mol. The number of halogens is 1. The highest BCUT2D eigenvalue weighted by atomic mass is 19.1. The second-order valence-electron chi connectivity index (χ2n) is 8.98. The summed E-state index contributed by atoms with van der Waals surface area (Å²) in [5, 5.41) is 10.8. The SMILES string of the molecule is O=C(CCc1ccccc1)C1=C(O)C(=O)N(c2ccc(N3CCCC3)cc2)C1c1ccccc1F. The minimum atomic E-state index is -1.04. The Morgan fingerprint density at radius 3 is 2.20 bits per heavy atom. The van der Waals surface area contributed by atoms with Crippen LogP contribution in [0.4, 0.5) is 15.8 Å². The lowest BCUT2D eigenvalue weighted by atomic mass is 9.92. The molecule has 3 aromatic carbocycles. The number of hydrogen-bond acceptors (Lipinski definition) is 4. The molecule has 1 fully saturated rings. The quantitative estimate of drug-likeness (QED) is 0.493. The summed E-state index contributed by atoms with van der Waals surface area (Å²) in [5.74, 6) is -2.22. The summed E-state index contributed by atoms with van der Waals surface area (Å²) < 4.78 is 15.0. The zero-order valence-electron chi connectivity index (χ0n) is 19.4. The van der Waals surface area contributed by atoms with E-state index in [9.17, 15) is 19.1 Å². The number of benzene rings is 3. The number of ketones is 1. The van der Waals surface area contributed by atoms with Gasteiger partial charge in [-0.2, -0.15) is 0 Å². The molecule has 1 N–H and O–H groups in total. The summed E-state index contributed by atoms with van der Waals surface area (Å²) in [5.41, 5.74) is 2.65. The molecule has 1 amide bonds. The molecule has 1 saturated heterocycles. The molecule has 0 aliphatic carbocycles. The smallest absolute Gasteiger partial charge is 0.294 e. The molecule has 2 heterocycles. The number of aliphatic hydroxyl groups excluding tert-OH is 1. The topological polar surface area (TPSA) is 60.9 Å². The van der Waals surface area contributed by atoms with E-state index in [0.717, 1.165) is 37.2 Å². The Kier molecular flexibility index (Phi) is 6.36. The molecule has 1 unspecified atom stereocenters. The third-order valence-electron chi connectivity index (χ3n) is 6.79. The molecule has 0 radical (unpaired) electrons. The molecule has 0 bridgehead atoms. The second-order valence-corrected chi connectivity index (χ2v) is 8.98. The van der Waals surface area contributed by atoms with Crippen LogP contribution in [0.3, 0.4) is 0 Å². The van der Waals surface area contributed by atoms with Crippen molar-refractivity contribution in [2.24, 2.45) is 0 Å². The highest BCUT2D eigenvalue weighted by molar-refractivity contribution is 6.16. The van der Waals surface area contributed by atoms with E-state index in [0.29, 0.717) is 12.1 Å². The Balaban J connectivity index is 1.49. The molecular formula is C29H27FN2O3.